The van der Waals surface area contributed by atoms with E-state index in [9.17, 15) is 4.79 Å². The Balaban J connectivity index is 1.79. The molecular weight excluding hydrogens is 386 g/mol. The number of hydrogen-bond donors (Lipinski definition) is 2. The maximum absolute atomic E-state index is 11.6. The Hall–Kier alpha value is -3.26. The highest BCUT2D eigenvalue weighted by Crippen LogP contribution is 2.39. The molecule has 7 nitrogen and oxygen atoms in total. The van der Waals surface area contributed by atoms with Crippen molar-refractivity contribution in [1.82, 2.24) is 9.97 Å². The summed E-state index contributed by atoms with van der Waals surface area (Å²) >= 11 is 1.57. The van der Waals surface area contributed by atoms with Crippen LogP contribution in [0.4, 0.5) is 0 Å². The number of nitrogens with zero attached hydrogens (tertiary/aromatic N) is 3. The number of hydrogen-bond acceptors (Lipinski definition) is 5. The van der Waals surface area contributed by atoms with Crippen molar-refractivity contribution in [2.75, 3.05) is 6.61 Å². The van der Waals surface area contributed by atoms with Crippen LogP contribution in [0.5, 0.6) is 5.75 Å². The maximum atomic E-state index is 11.6. The minimum absolute atomic E-state index is 0.0876. The van der Waals surface area contributed by atoms with E-state index in [4.69, 9.17) is 15.5 Å². The minimum Gasteiger partial charge on any atom is -0.492 e. The summed E-state index contributed by atoms with van der Waals surface area (Å²) in [4.78, 5) is 29.0. The lowest BCUT2D eigenvalue weighted by Crippen LogP contribution is -2.05. The molecule has 2 aromatic heterocycles. The van der Waals surface area contributed by atoms with Gasteiger partial charge in [0.15, 0.2) is 10.8 Å². The first-order valence-corrected chi connectivity index (χ1v) is 10.2. The topological polar surface area (TPSA) is 106 Å². The number of thiazole rings is 1. The highest BCUT2D eigenvalue weighted by atomic mass is 32.1. The second-order valence-corrected chi connectivity index (χ2v) is 7.95. The number of fused-ring (bicyclic) bond motifs is 3. The summed E-state index contributed by atoms with van der Waals surface area (Å²) in [6, 6.07) is 9.46. The van der Waals surface area contributed by atoms with Crippen LogP contribution in [0.1, 0.15) is 23.7 Å². The van der Waals surface area contributed by atoms with Gasteiger partial charge in [-0.05, 0) is 43.2 Å². The second-order valence-electron chi connectivity index (χ2n) is 6.87. The first-order chi connectivity index (χ1) is 14.0. The van der Waals surface area contributed by atoms with Crippen molar-refractivity contribution in [2.24, 2.45) is 15.7 Å². The summed E-state index contributed by atoms with van der Waals surface area (Å²) in [6.07, 6.45) is 3.64. The van der Waals surface area contributed by atoms with Crippen molar-refractivity contribution in [2.45, 2.75) is 26.3 Å². The molecule has 148 valence electrons. The predicted octanol–water partition coefficient (Wildman–Crippen LogP) is 3.24. The van der Waals surface area contributed by atoms with E-state index in [2.05, 4.69) is 15.0 Å². The zero-order valence-corrected chi connectivity index (χ0v) is 17.0. The fraction of sp³-hybridized carbons (Fsp3) is 0.238. The molecule has 29 heavy (non-hydrogen) atoms. The number of amidine groups is 1. The normalized spacial score (nSPS) is 13.8. The van der Waals surface area contributed by atoms with Crippen LogP contribution >= 0.6 is 11.3 Å². The molecule has 1 aliphatic heterocycles. The highest BCUT2D eigenvalue weighted by molar-refractivity contribution is 7.14. The van der Waals surface area contributed by atoms with Gasteiger partial charge in [-0.15, -0.1) is 11.3 Å². The number of aromatic nitrogens is 2. The predicted molar refractivity (Wildman–Crippen MR) is 117 cm³/mol. The molecule has 0 amide bonds. The second kappa shape index (κ2) is 8.00. The Morgan fingerprint density at radius 3 is 2.90 bits per heavy atom. The summed E-state index contributed by atoms with van der Waals surface area (Å²) in [5, 5.41) is 0.747. The van der Waals surface area contributed by atoms with Crippen LogP contribution in [-0.4, -0.2) is 34.8 Å². The molecule has 0 bridgehead atoms. The first kappa shape index (κ1) is 19.1. The van der Waals surface area contributed by atoms with Crippen molar-refractivity contribution in [3.05, 3.63) is 56.8 Å². The van der Waals surface area contributed by atoms with Crippen molar-refractivity contribution < 1.29 is 4.74 Å². The molecule has 0 aliphatic carbocycles. The first-order valence-electron chi connectivity index (χ1n) is 9.33. The number of benzene rings is 1. The van der Waals surface area contributed by atoms with Crippen LogP contribution < -0.4 is 16.0 Å². The van der Waals surface area contributed by atoms with Gasteiger partial charge >= 0.3 is 0 Å². The number of nitrogens with two attached hydrogens (primary N) is 1. The van der Waals surface area contributed by atoms with Gasteiger partial charge in [0, 0.05) is 35.2 Å². The van der Waals surface area contributed by atoms with E-state index >= 15 is 0 Å². The van der Waals surface area contributed by atoms with Crippen molar-refractivity contribution in [3.63, 3.8) is 0 Å². The highest BCUT2D eigenvalue weighted by Gasteiger charge is 2.22. The van der Waals surface area contributed by atoms with E-state index in [1.165, 1.54) is 6.34 Å². The largest absolute Gasteiger partial charge is 0.492 e. The molecule has 0 saturated heterocycles. The van der Waals surface area contributed by atoms with Gasteiger partial charge in [0.2, 0.25) is 5.56 Å². The third kappa shape index (κ3) is 3.97. The molecule has 0 unspecified atom stereocenters. The van der Waals surface area contributed by atoms with E-state index in [1.807, 2.05) is 38.1 Å². The lowest BCUT2D eigenvalue weighted by molar-refractivity contribution is 0.327. The van der Waals surface area contributed by atoms with Gasteiger partial charge < -0.3 is 15.5 Å². The van der Waals surface area contributed by atoms with Gasteiger partial charge in [-0.2, -0.15) is 0 Å². The van der Waals surface area contributed by atoms with Crippen LogP contribution in [0.3, 0.4) is 0 Å². The summed E-state index contributed by atoms with van der Waals surface area (Å²) in [5.74, 6) is 1.30. The Morgan fingerprint density at radius 2 is 2.14 bits per heavy atom. The van der Waals surface area contributed by atoms with Crippen LogP contribution in [0.15, 0.2) is 51.3 Å². The molecule has 4 rings (SSSR count). The Kier molecular flexibility index (Phi) is 5.26. The third-order valence-electron chi connectivity index (χ3n) is 4.40. The number of H-pyrrole nitrogens is 1. The summed E-state index contributed by atoms with van der Waals surface area (Å²) in [7, 11) is 0. The van der Waals surface area contributed by atoms with Crippen LogP contribution in [0.25, 0.3) is 22.4 Å². The van der Waals surface area contributed by atoms with E-state index in [-0.39, 0.29) is 11.6 Å². The SMILES string of the molecule is CC(C)N=C(N=CN)c1nc2c(s1)CCOc1cc(-c3cc[nH]c(=O)c3)ccc1-2. The fourth-order valence-corrected chi connectivity index (χ4v) is 4.19. The summed E-state index contributed by atoms with van der Waals surface area (Å²) in [6.45, 7) is 4.53. The smallest absolute Gasteiger partial charge is 0.248 e. The Labute approximate surface area is 172 Å². The van der Waals surface area contributed by atoms with Crippen molar-refractivity contribution in [3.8, 4) is 28.1 Å². The van der Waals surface area contributed by atoms with E-state index in [0.717, 1.165) is 44.4 Å². The summed E-state index contributed by atoms with van der Waals surface area (Å²) in [5.41, 5.74) is 8.94. The van der Waals surface area contributed by atoms with Crippen LogP contribution in [0.2, 0.25) is 0 Å². The average Bonchev–Trinajstić information content (AvgIpc) is 3.04. The molecule has 0 fully saturated rings. The third-order valence-corrected chi connectivity index (χ3v) is 5.51. The molecule has 1 aliphatic rings. The molecule has 0 atom stereocenters. The molecule has 3 heterocycles. The Bertz CT molecular complexity index is 1160. The number of aliphatic imine (C=N–C) groups is 2. The lowest BCUT2D eigenvalue weighted by Gasteiger charge is -2.09. The fourth-order valence-electron chi connectivity index (χ4n) is 3.18. The Morgan fingerprint density at radius 1 is 1.31 bits per heavy atom. The molecule has 0 spiro atoms. The zero-order valence-electron chi connectivity index (χ0n) is 16.2. The molecule has 3 N–H and O–H groups in total. The van der Waals surface area contributed by atoms with Crippen LogP contribution in [0, 0.1) is 0 Å². The molecule has 8 heteroatoms. The van der Waals surface area contributed by atoms with E-state index in [0.29, 0.717) is 12.4 Å². The zero-order chi connectivity index (χ0) is 20.4. The van der Waals surface area contributed by atoms with Gasteiger partial charge in [-0.25, -0.2) is 9.98 Å². The van der Waals surface area contributed by atoms with Gasteiger partial charge in [-0.3, -0.25) is 9.79 Å². The van der Waals surface area contributed by atoms with Gasteiger partial charge in [0.25, 0.3) is 0 Å². The standard InChI is InChI=1S/C21H21N5O2S/c1-12(2)25-20(24-11-22)21-26-19-15-4-3-13(14-5-7-23-18(27)10-14)9-16(15)28-8-6-17(19)29-21/h3-5,7,9-12H,6,8H2,1-2H3,(H,23,27)(H2,22,24,25). The molecule has 0 saturated carbocycles. The lowest BCUT2D eigenvalue weighted by atomic mass is 10.0. The van der Waals surface area contributed by atoms with Crippen molar-refractivity contribution in [1.29, 1.82) is 0 Å². The van der Waals surface area contributed by atoms with Gasteiger partial charge in [-0.1, -0.05) is 6.07 Å². The monoisotopic (exact) mass is 407 g/mol. The number of pyridine rings is 1. The van der Waals surface area contributed by atoms with E-state index < -0.39 is 0 Å². The van der Waals surface area contributed by atoms with Crippen LogP contribution in [-0.2, 0) is 6.42 Å². The number of rotatable bonds is 3. The minimum atomic E-state index is -0.137. The van der Waals surface area contributed by atoms with Crippen molar-refractivity contribution >= 4 is 23.5 Å². The van der Waals surface area contributed by atoms with Gasteiger partial charge in [0.1, 0.15) is 5.75 Å². The number of nitrogens with one attached hydrogen (secondary N) is 1. The van der Waals surface area contributed by atoms with Gasteiger partial charge in [0.05, 0.1) is 18.6 Å². The quantitative estimate of drug-likeness (QED) is 0.513. The maximum Gasteiger partial charge on any atom is 0.248 e. The molecule has 3 aromatic rings. The average molecular weight is 407 g/mol. The molecular formula is C21H21N5O2S. The number of aromatic amines is 1. The van der Waals surface area contributed by atoms with E-state index in [1.54, 1.807) is 23.6 Å². The molecule has 0 radical (unpaired) electrons. The molecule has 1 aromatic carbocycles. The summed E-state index contributed by atoms with van der Waals surface area (Å²) < 4.78 is 5.99. The number of ether oxygens (including phenoxy) is 1.